The number of rotatable bonds is 7. The van der Waals surface area contributed by atoms with Crippen molar-refractivity contribution in [1.82, 2.24) is 24.2 Å². The summed E-state index contributed by atoms with van der Waals surface area (Å²) in [7, 11) is 0. The molecule has 0 atom stereocenters. The van der Waals surface area contributed by atoms with Crippen LogP contribution in [0.2, 0.25) is 0 Å². The van der Waals surface area contributed by atoms with Crippen LogP contribution in [0.3, 0.4) is 0 Å². The summed E-state index contributed by atoms with van der Waals surface area (Å²) in [5.41, 5.74) is 2.42. The number of hydrogen-bond donors (Lipinski definition) is 0. The van der Waals surface area contributed by atoms with Gasteiger partial charge in [0.1, 0.15) is 0 Å². The third kappa shape index (κ3) is 4.71. The maximum atomic E-state index is 5.73. The van der Waals surface area contributed by atoms with Gasteiger partial charge in [-0.15, -0.1) is 6.58 Å². The third-order valence-corrected chi connectivity index (χ3v) is 5.99. The Morgan fingerprint density at radius 3 is 2.59 bits per heavy atom. The second-order valence-corrected chi connectivity index (χ2v) is 8.00. The quantitative estimate of drug-likeness (QED) is 0.426. The summed E-state index contributed by atoms with van der Waals surface area (Å²) in [6, 6.07) is 14.8. The third-order valence-electron chi connectivity index (χ3n) is 5.56. The molecular formula is C23H27N5S. The second kappa shape index (κ2) is 9.29. The van der Waals surface area contributed by atoms with Crippen LogP contribution in [0.5, 0.6) is 0 Å². The molecule has 0 spiro atoms. The molecule has 0 N–H and O–H groups in total. The molecule has 1 aliphatic rings. The molecule has 1 aromatic carbocycles. The molecule has 2 aromatic heterocycles. The first-order valence-corrected chi connectivity index (χ1v) is 10.6. The van der Waals surface area contributed by atoms with Crippen LogP contribution in [0.1, 0.15) is 18.4 Å². The molecule has 29 heavy (non-hydrogen) atoms. The molecule has 1 fully saturated rings. The zero-order valence-electron chi connectivity index (χ0n) is 16.7. The molecule has 5 nitrogen and oxygen atoms in total. The fourth-order valence-corrected chi connectivity index (χ4v) is 4.26. The average molecular weight is 406 g/mol. The zero-order chi connectivity index (χ0) is 20.1. The van der Waals surface area contributed by atoms with Gasteiger partial charge < -0.3 is 0 Å². The topological polar surface area (TPSA) is 38.9 Å². The summed E-state index contributed by atoms with van der Waals surface area (Å²) >= 11 is 5.73. The first-order chi connectivity index (χ1) is 14.2. The van der Waals surface area contributed by atoms with Crippen LogP contribution >= 0.6 is 12.2 Å². The first-order valence-electron chi connectivity index (χ1n) is 10.2. The largest absolute Gasteiger partial charge is 0.296 e. The van der Waals surface area contributed by atoms with Crippen molar-refractivity contribution in [3.63, 3.8) is 0 Å². The summed E-state index contributed by atoms with van der Waals surface area (Å²) in [4.78, 5) is 6.68. The van der Waals surface area contributed by atoms with E-state index in [1.54, 1.807) is 6.20 Å². The first kappa shape index (κ1) is 19.7. The zero-order valence-corrected chi connectivity index (χ0v) is 17.5. The molecule has 0 bridgehead atoms. The highest BCUT2D eigenvalue weighted by Gasteiger charge is 2.21. The maximum absolute atomic E-state index is 5.73. The summed E-state index contributed by atoms with van der Waals surface area (Å²) in [5, 5.41) is 4.83. The number of pyridine rings is 1. The lowest BCUT2D eigenvalue weighted by Gasteiger charge is -2.31. The number of likely N-dealkylation sites (tertiary alicyclic amines) is 1. The van der Waals surface area contributed by atoms with Crippen LogP contribution in [0.4, 0.5) is 0 Å². The van der Waals surface area contributed by atoms with Crippen molar-refractivity contribution < 1.29 is 0 Å². The summed E-state index contributed by atoms with van der Waals surface area (Å²) in [6.45, 7) is 7.40. The van der Waals surface area contributed by atoms with Gasteiger partial charge in [0.25, 0.3) is 0 Å². The van der Waals surface area contributed by atoms with Gasteiger partial charge in [-0.1, -0.05) is 36.4 Å². The van der Waals surface area contributed by atoms with E-state index >= 15 is 0 Å². The van der Waals surface area contributed by atoms with Gasteiger partial charge in [0, 0.05) is 37.6 Å². The van der Waals surface area contributed by atoms with Crippen LogP contribution in [0.25, 0.3) is 11.4 Å². The summed E-state index contributed by atoms with van der Waals surface area (Å²) < 4.78 is 4.70. The Bertz CT molecular complexity index is 985. The van der Waals surface area contributed by atoms with E-state index < -0.39 is 0 Å². The van der Waals surface area contributed by atoms with Crippen molar-refractivity contribution in [1.29, 1.82) is 0 Å². The van der Waals surface area contributed by atoms with Crippen molar-refractivity contribution >= 4 is 12.2 Å². The van der Waals surface area contributed by atoms with Crippen LogP contribution in [-0.2, 0) is 19.6 Å². The number of allylic oxidation sites excluding steroid dienone is 1. The molecule has 150 valence electrons. The Morgan fingerprint density at radius 2 is 1.90 bits per heavy atom. The van der Waals surface area contributed by atoms with E-state index in [1.165, 1.54) is 24.8 Å². The monoisotopic (exact) mass is 405 g/mol. The lowest BCUT2D eigenvalue weighted by atomic mass is 9.90. The highest BCUT2D eigenvalue weighted by atomic mass is 32.1. The fourth-order valence-electron chi connectivity index (χ4n) is 4.00. The van der Waals surface area contributed by atoms with Gasteiger partial charge in [0.15, 0.2) is 10.6 Å². The number of aromatic nitrogens is 4. The smallest absolute Gasteiger partial charge is 0.199 e. The van der Waals surface area contributed by atoms with Crippen LogP contribution in [0, 0.1) is 10.7 Å². The van der Waals surface area contributed by atoms with E-state index in [-0.39, 0.29) is 0 Å². The molecular weight excluding hydrogens is 378 g/mol. The predicted molar refractivity (Wildman–Crippen MR) is 119 cm³/mol. The minimum absolute atomic E-state index is 0.641. The normalized spacial score (nSPS) is 15.4. The summed E-state index contributed by atoms with van der Waals surface area (Å²) in [5.74, 6) is 1.60. The van der Waals surface area contributed by atoms with E-state index in [0.717, 1.165) is 41.8 Å². The van der Waals surface area contributed by atoms with Gasteiger partial charge in [0.05, 0.1) is 6.67 Å². The highest BCUT2D eigenvalue weighted by Crippen LogP contribution is 2.23. The van der Waals surface area contributed by atoms with E-state index in [9.17, 15) is 0 Å². The second-order valence-electron chi connectivity index (χ2n) is 7.64. The van der Waals surface area contributed by atoms with Crippen LogP contribution < -0.4 is 0 Å². The van der Waals surface area contributed by atoms with E-state index in [1.807, 2.05) is 33.7 Å². The molecule has 3 aromatic rings. The molecule has 1 saturated heterocycles. The Kier molecular flexibility index (Phi) is 6.32. The van der Waals surface area contributed by atoms with Crippen molar-refractivity contribution in [2.24, 2.45) is 5.92 Å². The molecule has 0 unspecified atom stereocenters. The number of nitrogens with zero attached hydrogens (tertiary/aromatic N) is 5. The lowest BCUT2D eigenvalue weighted by Crippen LogP contribution is -2.36. The van der Waals surface area contributed by atoms with Crippen LogP contribution in [-0.4, -0.2) is 37.3 Å². The molecule has 0 aliphatic carbocycles. The van der Waals surface area contributed by atoms with Crippen LogP contribution in [0.15, 0.2) is 67.5 Å². The van der Waals surface area contributed by atoms with Gasteiger partial charge >= 0.3 is 0 Å². The average Bonchev–Trinajstić information content (AvgIpc) is 3.07. The predicted octanol–water partition coefficient (Wildman–Crippen LogP) is 4.57. The van der Waals surface area contributed by atoms with E-state index in [4.69, 9.17) is 17.3 Å². The lowest BCUT2D eigenvalue weighted by molar-refractivity contribution is 0.140. The Morgan fingerprint density at radius 1 is 1.10 bits per heavy atom. The van der Waals surface area contributed by atoms with E-state index in [0.29, 0.717) is 6.54 Å². The standard InChI is InChI=1S/C23H27N5S/c1-2-13-27-22(21-9-6-12-24-17-21)25-28(23(27)29)18-26-14-10-20(11-15-26)16-19-7-4-3-5-8-19/h2-9,12,17,20H,1,10-11,13-16,18H2. The van der Waals surface area contributed by atoms with E-state index in [2.05, 4.69) is 46.8 Å². The minimum Gasteiger partial charge on any atom is -0.296 e. The molecule has 1 aliphatic heterocycles. The van der Waals surface area contributed by atoms with Gasteiger partial charge in [-0.25, -0.2) is 4.68 Å². The van der Waals surface area contributed by atoms with Gasteiger partial charge in [-0.2, -0.15) is 5.10 Å². The van der Waals surface area contributed by atoms with Gasteiger partial charge in [-0.3, -0.25) is 14.5 Å². The molecule has 0 saturated carbocycles. The van der Waals surface area contributed by atoms with Crippen molar-refractivity contribution in [2.75, 3.05) is 13.1 Å². The Labute approximate surface area is 177 Å². The molecule has 4 rings (SSSR count). The van der Waals surface area contributed by atoms with Gasteiger partial charge in [-0.05, 0) is 55.1 Å². The minimum atomic E-state index is 0.641. The Hall–Kier alpha value is -2.57. The molecule has 3 heterocycles. The Balaban J connectivity index is 1.44. The maximum Gasteiger partial charge on any atom is 0.199 e. The van der Waals surface area contributed by atoms with Crippen molar-refractivity contribution in [3.8, 4) is 11.4 Å². The SMILES string of the molecule is C=CCn1c(-c2cccnc2)nn(CN2CCC(Cc3ccccc3)CC2)c1=S. The fraction of sp³-hybridized carbons (Fsp3) is 0.348. The van der Waals surface area contributed by atoms with Gasteiger partial charge in [0.2, 0.25) is 0 Å². The molecule has 0 radical (unpaired) electrons. The molecule has 6 heteroatoms. The number of hydrogen-bond acceptors (Lipinski definition) is 4. The number of benzene rings is 1. The summed E-state index contributed by atoms with van der Waals surface area (Å²) in [6.07, 6.45) is 9.06. The van der Waals surface area contributed by atoms with Crippen molar-refractivity contribution in [2.45, 2.75) is 32.5 Å². The molecule has 0 amide bonds. The van der Waals surface area contributed by atoms with Crippen molar-refractivity contribution in [3.05, 3.63) is 77.8 Å². The highest BCUT2D eigenvalue weighted by molar-refractivity contribution is 7.71. The number of piperidine rings is 1.